The number of hydrogen-bond acceptors (Lipinski definition) is 4. The zero-order valence-electron chi connectivity index (χ0n) is 9.72. The molecule has 92 valence electrons. The Morgan fingerprint density at radius 2 is 2.17 bits per heavy atom. The molecule has 1 aromatic carbocycles. The quantitative estimate of drug-likeness (QED) is 0.831. The van der Waals surface area contributed by atoms with E-state index in [1.165, 1.54) is 0 Å². The summed E-state index contributed by atoms with van der Waals surface area (Å²) in [7, 11) is 0. The van der Waals surface area contributed by atoms with E-state index >= 15 is 0 Å². The Morgan fingerprint density at radius 1 is 1.39 bits per heavy atom. The Bertz CT molecular complexity index is 608. The lowest BCUT2D eigenvalue weighted by atomic mass is 10.1. The van der Waals surface area contributed by atoms with Gasteiger partial charge in [-0.1, -0.05) is 18.2 Å². The number of carbonyl (C=O) groups is 1. The summed E-state index contributed by atoms with van der Waals surface area (Å²) < 4.78 is 5.67. The van der Waals surface area contributed by atoms with Crippen molar-refractivity contribution in [3.8, 4) is 5.88 Å². The fraction of sp³-hybridized carbons (Fsp3) is 0.231. The summed E-state index contributed by atoms with van der Waals surface area (Å²) in [6, 6.07) is 9.01. The van der Waals surface area contributed by atoms with E-state index in [0.717, 1.165) is 24.0 Å². The van der Waals surface area contributed by atoms with Gasteiger partial charge in [-0.05, 0) is 6.07 Å². The number of primary amides is 1. The average molecular weight is 243 g/mol. The molecule has 0 unspecified atom stereocenters. The summed E-state index contributed by atoms with van der Waals surface area (Å²) in [6.45, 7) is 1.61. The summed E-state index contributed by atoms with van der Waals surface area (Å²) in [4.78, 5) is 15.8. The second kappa shape index (κ2) is 4.27. The number of fused-ring (bicyclic) bond motifs is 1. The third-order valence-corrected chi connectivity index (χ3v) is 2.99. The summed E-state index contributed by atoms with van der Waals surface area (Å²) in [6.07, 6.45) is 0.124. The van der Waals surface area contributed by atoms with Crippen LogP contribution in [0, 0.1) is 0 Å². The largest absolute Gasteiger partial charge is 0.472 e. The van der Waals surface area contributed by atoms with E-state index in [-0.39, 0.29) is 6.10 Å². The highest BCUT2D eigenvalue weighted by atomic mass is 16.5. The number of aromatic nitrogens is 1. The van der Waals surface area contributed by atoms with Gasteiger partial charge in [-0.25, -0.2) is 4.98 Å². The van der Waals surface area contributed by atoms with Crippen molar-refractivity contribution in [3.63, 3.8) is 0 Å². The molecule has 3 N–H and O–H groups in total. The molecule has 1 fully saturated rings. The van der Waals surface area contributed by atoms with Gasteiger partial charge in [0.2, 0.25) is 11.8 Å². The van der Waals surface area contributed by atoms with Gasteiger partial charge in [0.05, 0.1) is 11.1 Å². The van der Waals surface area contributed by atoms with Crippen molar-refractivity contribution in [2.75, 3.05) is 13.1 Å². The van der Waals surface area contributed by atoms with E-state index in [1.54, 1.807) is 6.07 Å². The van der Waals surface area contributed by atoms with E-state index in [2.05, 4.69) is 10.3 Å². The van der Waals surface area contributed by atoms with Crippen LogP contribution < -0.4 is 15.8 Å². The number of benzene rings is 1. The van der Waals surface area contributed by atoms with Crippen LogP contribution in [0.2, 0.25) is 0 Å². The average Bonchev–Trinajstić information content (AvgIpc) is 2.32. The van der Waals surface area contributed by atoms with Gasteiger partial charge in [0.1, 0.15) is 6.10 Å². The van der Waals surface area contributed by atoms with Crippen molar-refractivity contribution in [1.82, 2.24) is 10.3 Å². The molecule has 18 heavy (non-hydrogen) atoms. The SMILES string of the molecule is NC(=O)c1cc(OC2CNC2)nc2ccccc12. The highest BCUT2D eigenvalue weighted by Gasteiger charge is 2.20. The van der Waals surface area contributed by atoms with E-state index in [1.807, 2.05) is 24.3 Å². The molecule has 0 aliphatic carbocycles. The van der Waals surface area contributed by atoms with Crippen molar-refractivity contribution < 1.29 is 9.53 Å². The Hall–Kier alpha value is -2.14. The van der Waals surface area contributed by atoms with Gasteiger partial charge >= 0.3 is 0 Å². The maximum absolute atomic E-state index is 11.5. The van der Waals surface area contributed by atoms with E-state index in [9.17, 15) is 4.79 Å². The van der Waals surface area contributed by atoms with Gasteiger partial charge < -0.3 is 15.8 Å². The molecule has 0 radical (unpaired) electrons. The van der Waals surface area contributed by atoms with Crippen LogP contribution in [-0.2, 0) is 0 Å². The highest BCUT2D eigenvalue weighted by molar-refractivity contribution is 6.05. The molecule has 0 bridgehead atoms. The minimum atomic E-state index is -0.467. The summed E-state index contributed by atoms with van der Waals surface area (Å²) in [5.74, 6) is -0.0146. The fourth-order valence-electron chi connectivity index (χ4n) is 1.93. The number of hydrogen-bond donors (Lipinski definition) is 2. The van der Waals surface area contributed by atoms with Crippen molar-refractivity contribution in [1.29, 1.82) is 0 Å². The smallest absolute Gasteiger partial charge is 0.249 e. The first kappa shape index (κ1) is 11.0. The Labute approximate surface area is 104 Å². The fourth-order valence-corrected chi connectivity index (χ4v) is 1.93. The molecular formula is C13H13N3O2. The number of rotatable bonds is 3. The van der Waals surface area contributed by atoms with Crippen LogP contribution in [0.3, 0.4) is 0 Å². The zero-order valence-corrected chi connectivity index (χ0v) is 9.72. The van der Waals surface area contributed by atoms with Gasteiger partial charge in [-0.15, -0.1) is 0 Å². The number of carbonyl (C=O) groups excluding carboxylic acids is 1. The van der Waals surface area contributed by atoms with E-state index < -0.39 is 5.91 Å². The first-order valence-corrected chi connectivity index (χ1v) is 5.81. The minimum absolute atomic E-state index is 0.124. The Morgan fingerprint density at radius 3 is 2.83 bits per heavy atom. The Balaban J connectivity index is 2.07. The zero-order chi connectivity index (χ0) is 12.5. The third-order valence-electron chi connectivity index (χ3n) is 2.99. The molecule has 0 atom stereocenters. The minimum Gasteiger partial charge on any atom is -0.472 e. The van der Waals surface area contributed by atoms with E-state index in [4.69, 9.17) is 10.5 Å². The second-order valence-corrected chi connectivity index (χ2v) is 4.29. The number of pyridine rings is 1. The van der Waals surface area contributed by atoms with Crippen molar-refractivity contribution in [2.45, 2.75) is 6.10 Å². The van der Waals surface area contributed by atoms with Crippen LogP contribution in [-0.4, -0.2) is 30.1 Å². The summed E-state index contributed by atoms with van der Waals surface area (Å²) >= 11 is 0. The number of nitrogens with two attached hydrogens (primary N) is 1. The van der Waals surface area contributed by atoms with Gasteiger partial charge in [0, 0.05) is 24.5 Å². The normalized spacial score (nSPS) is 15.3. The molecule has 5 heteroatoms. The topological polar surface area (TPSA) is 77.2 Å². The van der Waals surface area contributed by atoms with Crippen LogP contribution in [0.25, 0.3) is 10.9 Å². The molecule has 0 saturated carbocycles. The number of nitrogens with zero attached hydrogens (tertiary/aromatic N) is 1. The van der Waals surface area contributed by atoms with Crippen LogP contribution >= 0.6 is 0 Å². The lowest BCUT2D eigenvalue weighted by Crippen LogP contribution is -2.50. The maximum Gasteiger partial charge on any atom is 0.249 e. The lowest BCUT2D eigenvalue weighted by Gasteiger charge is -2.27. The summed E-state index contributed by atoms with van der Waals surface area (Å²) in [5.41, 5.74) is 6.56. The standard InChI is InChI=1S/C13H13N3O2/c14-13(17)10-5-12(18-8-6-15-7-8)16-11-4-2-1-3-9(10)11/h1-5,8,15H,6-7H2,(H2,14,17). The van der Waals surface area contributed by atoms with Gasteiger partial charge in [0.25, 0.3) is 0 Å². The van der Waals surface area contributed by atoms with Gasteiger partial charge in [0.15, 0.2) is 0 Å². The summed E-state index contributed by atoms with van der Waals surface area (Å²) in [5, 5.41) is 3.87. The van der Waals surface area contributed by atoms with E-state index in [0.29, 0.717) is 11.4 Å². The second-order valence-electron chi connectivity index (χ2n) is 4.29. The monoisotopic (exact) mass is 243 g/mol. The van der Waals surface area contributed by atoms with Crippen molar-refractivity contribution >= 4 is 16.8 Å². The van der Waals surface area contributed by atoms with Crippen molar-refractivity contribution in [2.24, 2.45) is 5.73 Å². The number of nitrogens with one attached hydrogen (secondary N) is 1. The molecule has 0 spiro atoms. The Kier molecular flexibility index (Phi) is 2.60. The van der Waals surface area contributed by atoms with Crippen LogP contribution in [0.1, 0.15) is 10.4 Å². The maximum atomic E-state index is 11.5. The number of ether oxygens (including phenoxy) is 1. The van der Waals surface area contributed by atoms with Crippen LogP contribution in [0.5, 0.6) is 5.88 Å². The predicted molar refractivity (Wildman–Crippen MR) is 67.5 cm³/mol. The highest BCUT2D eigenvalue weighted by Crippen LogP contribution is 2.22. The molecule has 1 saturated heterocycles. The van der Waals surface area contributed by atoms with Gasteiger partial charge in [-0.3, -0.25) is 4.79 Å². The van der Waals surface area contributed by atoms with Crippen molar-refractivity contribution in [3.05, 3.63) is 35.9 Å². The first-order chi connectivity index (χ1) is 8.74. The van der Waals surface area contributed by atoms with Crippen LogP contribution in [0.4, 0.5) is 0 Å². The number of para-hydroxylation sites is 1. The molecule has 5 nitrogen and oxygen atoms in total. The molecular weight excluding hydrogens is 230 g/mol. The third kappa shape index (κ3) is 1.89. The lowest BCUT2D eigenvalue weighted by molar-refractivity contribution is 0.0999. The predicted octanol–water partition coefficient (Wildman–Crippen LogP) is 0.684. The van der Waals surface area contributed by atoms with Crippen LogP contribution in [0.15, 0.2) is 30.3 Å². The molecule has 3 rings (SSSR count). The van der Waals surface area contributed by atoms with Gasteiger partial charge in [-0.2, -0.15) is 0 Å². The first-order valence-electron chi connectivity index (χ1n) is 5.81. The molecule has 2 heterocycles. The molecule has 2 aromatic rings. The number of amides is 1. The molecule has 1 aromatic heterocycles. The molecule has 1 amide bonds. The molecule has 1 aliphatic rings. The molecule has 1 aliphatic heterocycles.